The van der Waals surface area contributed by atoms with Crippen molar-refractivity contribution in [2.24, 2.45) is 84.6 Å². The Hall–Kier alpha value is -13.9. The lowest BCUT2D eigenvalue weighted by Gasteiger charge is -2.11. The van der Waals surface area contributed by atoms with Gasteiger partial charge in [0.1, 0.15) is 79.2 Å². The molecule has 0 atom stereocenters. The van der Waals surface area contributed by atoms with Crippen molar-refractivity contribution < 1.29 is 57.1 Å². The highest BCUT2D eigenvalue weighted by atomic mass is 15.2. The van der Waals surface area contributed by atoms with Gasteiger partial charge in [-0.2, -0.15) is 36.5 Å². The van der Waals surface area contributed by atoms with Crippen molar-refractivity contribution in [3.8, 4) is 91.1 Å². The van der Waals surface area contributed by atoms with Crippen molar-refractivity contribution in [3.63, 3.8) is 0 Å². The number of pyridine rings is 8. The molecule has 121 heavy (non-hydrogen) atoms. The zero-order valence-corrected chi connectivity index (χ0v) is 72.2. The van der Waals surface area contributed by atoms with Crippen molar-refractivity contribution in [1.29, 1.82) is 0 Å². The van der Waals surface area contributed by atoms with Gasteiger partial charge in [-0.15, -0.1) is 0 Å². The third-order valence-electron chi connectivity index (χ3n) is 23.9. The molecule has 0 spiro atoms. The lowest BCUT2D eigenvalue weighted by Crippen LogP contribution is -2.41. The van der Waals surface area contributed by atoms with E-state index in [1.54, 1.807) is 66.8 Å². The van der Waals surface area contributed by atoms with Gasteiger partial charge in [0.2, 0.25) is 45.9 Å². The lowest BCUT2D eigenvalue weighted by atomic mass is 10.0. The molecular formula is C101H110N20+8. The Morgan fingerprint density at radius 2 is 0.545 bits per heavy atom. The summed E-state index contributed by atoms with van der Waals surface area (Å²) in [4.78, 5) is 19.2. The van der Waals surface area contributed by atoms with E-state index in [0.29, 0.717) is 39.6 Å². The molecule has 4 aromatic carbocycles. The Bertz CT molecular complexity index is 8300. The molecule has 16 heterocycles. The summed E-state index contributed by atoms with van der Waals surface area (Å²) in [5.74, 6) is 3.33. The van der Waals surface area contributed by atoms with Crippen LogP contribution in [0.2, 0.25) is 0 Å². The Kier molecular flexibility index (Phi) is 15.9. The van der Waals surface area contributed by atoms with E-state index in [4.69, 9.17) is 40.5 Å². The Labute approximate surface area is 727 Å². The quantitative estimate of drug-likeness (QED) is 0.141. The molecule has 20 aromatic rings. The second-order valence-electron chi connectivity index (χ2n) is 32.3. The fraction of sp³-hybridized carbons (Fsp3) is 0.248. The molecule has 0 aliphatic carbocycles. The monoisotopic (exact) mass is 1620 g/mol. The first-order valence-corrected chi connectivity index (χ1v) is 40.2. The van der Waals surface area contributed by atoms with Crippen molar-refractivity contribution >= 4 is 67.2 Å². The molecule has 0 saturated heterocycles. The minimum atomic E-state index is -2.41. The third-order valence-corrected chi connectivity index (χ3v) is 23.9. The zero-order valence-electron chi connectivity index (χ0n) is 87.2. The number of imidazole rings is 8. The largest absolute Gasteiger partial charge is 0.308 e. The Morgan fingerprint density at radius 1 is 0.256 bits per heavy atom. The number of para-hydroxylation sites is 8. The van der Waals surface area contributed by atoms with Gasteiger partial charge in [-0.3, -0.25) is 17.6 Å². The van der Waals surface area contributed by atoms with Crippen LogP contribution in [0.15, 0.2) is 213 Å². The first-order valence-electron chi connectivity index (χ1n) is 47.7. The van der Waals surface area contributed by atoms with E-state index in [1.807, 2.05) is 223 Å². The second kappa shape index (κ2) is 30.5. The predicted octanol–water partition coefficient (Wildman–Crippen LogP) is 15.2. The summed E-state index contributed by atoms with van der Waals surface area (Å²) in [7, 11) is 23.4. The highest BCUT2D eigenvalue weighted by Gasteiger charge is 2.36. The van der Waals surface area contributed by atoms with Gasteiger partial charge in [0.05, 0.1) is 44.1 Å². The molecule has 0 aliphatic heterocycles. The van der Waals surface area contributed by atoms with Gasteiger partial charge < -0.3 is 18.3 Å². The number of fused-ring (bicyclic) bond motifs is 12. The maximum absolute atomic E-state index is 8.30. The Morgan fingerprint density at radius 3 is 0.868 bits per heavy atom. The fourth-order valence-electron chi connectivity index (χ4n) is 18.2. The summed E-state index contributed by atoms with van der Waals surface area (Å²) in [5, 5.41) is 0. The standard InChI is InChI=1S/C26H29N5.3C25H27N5/c1-16-13-22(28(5)14-19(16)4)24-17(2)12-18(3)25(30(24)7)23-15-31-21-11-9-8-10-20(21)27-26(31)29(23)6;2*1-16-11-12-21(27(4)14-16)23-17(2)13-18(3)24(29(23)6)22-15-30-20-10-8-7-9-19(20)26-25(30)28(22)5;1-16-11-12-27(4)21(13-16)23-17(2)14-18(3)24(29(23)6)22-15-30-20-10-8-7-9-19(20)26-25(30)28(22)5/h8-15H,1-7H3;3*7-15H,1-6H3/q4*+2/i1D3,2D3;2D3;;1D3,2D3. The van der Waals surface area contributed by atoms with Crippen LogP contribution in [0.5, 0.6) is 0 Å². The molecule has 20 rings (SSSR count). The van der Waals surface area contributed by atoms with Crippen LogP contribution in [-0.4, -0.2) is 55.8 Å². The molecular weight excluding hydrogens is 1490 g/mol. The van der Waals surface area contributed by atoms with E-state index in [0.717, 1.165) is 135 Å². The average Bonchev–Trinajstić information content (AvgIpc) is 1.53. The molecule has 0 unspecified atom stereocenters. The minimum absolute atomic E-state index is 0.151. The summed E-state index contributed by atoms with van der Waals surface area (Å²) in [6.07, 6.45) is 15.9. The molecule has 0 saturated carbocycles. The summed E-state index contributed by atoms with van der Waals surface area (Å²) >= 11 is 0. The SMILES string of the molecule is Cc1ccc(-c2c(C)cc(C)c(-c3cn4c5ccccc5nc4n3C)[n+]2C)[n+](C)c1.[2H]C([2H])([2H])c1cc(-c2c(C([2H])([2H])[2H])cc(C)c(-c3cn4c5ccccc5nc4n3C)[n+]2C)[n+](C)cc1C.[2H]C([2H])([2H])c1cc(C)c(-c2cn3c4ccccc4nc3n2C)[n+](C)c1-c1ccc(C)c[n+]1C.[2H]C([2H])([2H])c1cc[n+](C)c(-c2c(C([2H])([2H])[2H])cc(C)c(-c3cn4c5ccccc5nc4n3C)[n+]2C)c1. The molecule has 0 radical (unpaired) electrons. The molecule has 16 aromatic heterocycles. The van der Waals surface area contributed by atoms with Gasteiger partial charge in [0.25, 0.3) is 45.6 Å². The normalized spacial score (nSPS) is 14.0. The Balaban J connectivity index is 0.000000126. The number of nitrogens with zero attached hydrogens (tertiary/aromatic N) is 20. The average molecular weight is 1620 g/mol. The maximum Gasteiger partial charge on any atom is 0.280 e. The third kappa shape index (κ3) is 13.4. The van der Waals surface area contributed by atoms with Crippen LogP contribution in [0.3, 0.4) is 0 Å². The van der Waals surface area contributed by atoms with Crippen LogP contribution in [0.4, 0.5) is 0 Å². The number of hydrogen-bond donors (Lipinski definition) is 0. The second-order valence-corrected chi connectivity index (χ2v) is 32.3. The molecule has 0 bridgehead atoms. The number of aryl methyl sites for hydroxylation is 21. The van der Waals surface area contributed by atoms with Crippen molar-refractivity contribution in [2.75, 3.05) is 0 Å². The molecule has 20 nitrogen and oxygen atoms in total. The summed E-state index contributed by atoms with van der Waals surface area (Å²) < 4.78 is 154. The van der Waals surface area contributed by atoms with Crippen LogP contribution in [-0.2, 0) is 84.6 Å². The van der Waals surface area contributed by atoms with Gasteiger partial charge in [-0.1, -0.05) is 48.5 Å². The maximum atomic E-state index is 8.30. The molecule has 0 aliphatic rings. The van der Waals surface area contributed by atoms with Crippen LogP contribution in [0, 0.1) is 89.6 Å². The first kappa shape index (κ1) is 63.2. The number of aromatic nitrogens is 20. The van der Waals surface area contributed by atoms with Gasteiger partial charge >= 0.3 is 0 Å². The van der Waals surface area contributed by atoms with Gasteiger partial charge in [-0.05, 0) is 186 Å². The van der Waals surface area contributed by atoms with Crippen LogP contribution in [0.25, 0.3) is 158 Å². The highest BCUT2D eigenvalue weighted by molar-refractivity contribution is 5.85. The van der Waals surface area contributed by atoms with Crippen molar-refractivity contribution in [2.45, 2.75) is 89.6 Å². The first-order chi connectivity index (χ1) is 63.9. The number of hydrogen-bond acceptors (Lipinski definition) is 4. The number of benzene rings is 4. The topological polar surface area (TPSA) is 120 Å². The van der Waals surface area contributed by atoms with Crippen molar-refractivity contribution in [3.05, 3.63) is 286 Å². The van der Waals surface area contributed by atoms with Gasteiger partial charge in [0.15, 0.2) is 24.8 Å². The van der Waals surface area contributed by atoms with E-state index < -0.39 is 34.3 Å². The van der Waals surface area contributed by atoms with Crippen molar-refractivity contribution in [1.82, 2.24) is 55.8 Å². The summed E-state index contributed by atoms with van der Waals surface area (Å²) in [5.41, 5.74) is 30.3. The van der Waals surface area contributed by atoms with E-state index in [9.17, 15) is 0 Å². The van der Waals surface area contributed by atoms with E-state index in [-0.39, 0.29) is 22.3 Å². The molecule has 606 valence electrons. The van der Waals surface area contributed by atoms with E-state index >= 15 is 0 Å². The lowest BCUT2D eigenvalue weighted by molar-refractivity contribution is -0.686. The zero-order chi connectivity index (χ0) is 98.0. The van der Waals surface area contributed by atoms with Crippen LogP contribution >= 0.6 is 0 Å². The fourth-order valence-corrected chi connectivity index (χ4v) is 18.2. The van der Waals surface area contributed by atoms with Gasteiger partial charge in [0, 0.05) is 165 Å². The molecule has 0 fully saturated rings. The minimum Gasteiger partial charge on any atom is -0.308 e. The molecule has 0 N–H and O–H groups in total. The molecule has 0 amide bonds. The highest BCUT2D eigenvalue weighted by Crippen LogP contribution is 2.36. The molecule has 20 heteroatoms. The smallest absolute Gasteiger partial charge is 0.280 e. The van der Waals surface area contributed by atoms with Gasteiger partial charge in [-0.25, -0.2) is 19.9 Å². The van der Waals surface area contributed by atoms with Crippen LogP contribution in [0.1, 0.15) is 92.9 Å². The van der Waals surface area contributed by atoms with E-state index in [2.05, 4.69) is 130 Å². The summed E-state index contributed by atoms with van der Waals surface area (Å²) in [6, 6.07) is 52.7. The van der Waals surface area contributed by atoms with E-state index in [1.165, 1.54) is 39.8 Å². The number of rotatable bonds is 8. The van der Waals surface area contributed by atoms with Crippen LogP contribution < -0.4 is 36.5 Å². The summed E-state index contributed by atoms with van der Waals surface area (Å²) in [6.45, 7) is 4.33. The predicted molar refractivity (Wildman–Crippen MR) is 481 cm³/mol.